The van der Waals surface area contributed by atoms with Crippen molar-refractivity contribution in [3.05, 3.63) is 55.6 Å². The Labute approximate surface area is 151 Å². The number of rotatable bonds is 12. The second kappa shape index (κ2) is 11.0. The van der Waals surface area contributed by atoms with Crippen LogP contribution in [-0.4, -0.2) is 20.9 Å². The third-order valence-corrected chi connectivity index (χ3v) is 4.09. The summed E-state index contributed by atoms with van der Waals surface area (Å²) in [7, 11) is 0. The molecule has 0 aromatic heterocycles. The van der Waals surface area contributed by atoms with Gasteiger partial charge in [0.05, 0.1) is 15.9 Å². The fourth-order valence-corrected chi connectivity index (χ4v) is 2.80. The number of benzene rings is 1. The molecule has 0 radical (unpaired) electrons. The molecule has 1 rings (SSSR count). The first kappa shape index (κ1) is 21.3. The van der Waals surface area contributed by atoms with E-state index >= 15 is 0 Å². The van der Waals surface area contributed by atoms with E-state index in [1.165, 1.54) is 12.1 Å². The third-order valence-electron chi connectivity index (χ3n) is 4.09. The molecule has 142 valence electrons. The molecule has 0 heterocycles. The van der Waals surface area contributed by atoms with Crippen molar-refractivity contribution in [1.29, 1.82) is 0 Å². The van der Waals surface area contributed by atoms with Crippen LogP contribution < -0.4 is 0 Å². The van der Waals surface area contributed by atoms with Crippen LogP contribution in [0.2, 0.25) is 0 Å². The van der Waals surface area contributed by atoms with Gasteiger partial charge in [0, 0.05) is 17.7 Å². The number of carbonyl (C=O) groups is 1. The van der Waals surface area contributed by atoms with E-state index < -0.39 is 15.8 Å². The van der Waals surface area contributed by atoms with E-state index in [0.29, 0.717) is 17.5 Å². The summed E-state index contributed by atoms with van der Waals surface area (Å²) in [4.78, 5) is 31.7. The number of aliphatic carboxylic acids is 1. The van der Waals surface area contributed by atoms with Gasteiger partial charge < -0.3 is 5.11 Å². The van der Waals surface area contributed by atoms with Crippen LogP contribution in [0.4, 0.5) is 11.4 Å². The zero-order chi connectivity index (χ0) is 19.5. The van der Waals surface area contributed by atoms with E-state index in [9.17, 15) is 25.0 Å². The lowest BCUT2D eigenvalue weighted by Gasteiger charge is -2.09. The highest BCUT2D eigenvalue weighted by Gasteiger charge is 2.23. The van der Waals surface area contributed by atoms with Crippen LogP contribution in [0.1, 0.15) is 56.6 Å². The first-order chi connectivity index (χ1) is 12.4. The van der Waals surface area contributed by atoms with Gasteiger partial charge in [-0.15, -0.1) is 0 Å². The summed E-state index contributed by atoms with van der Waals surface area (Å²) in [6, 6.07) is 2.30. The van der Waals surface area contributed by atoms with Crippen molar-refractivity contribution in [2.75, 3.05) is 0 Å². The standard InChI is InChI=1S/C18H24N2O6/c1-2-3-4-5-6-7-9-14-12-15(19(23)24)13-17(20(25)26)16(14)10-8-11-18(21)22/h8,11-13H,2-7,9-10H2,1H3,(H,21,22). The van der Waals surface area contributed by atoms with Gasteiger partial charge in [0.1, 0.15) is 0 Å². The van der Waals surface area contributed by atoms with Gasteiger partial charge in [-0.2, -0.15) is 0 Å². The van der Waals surface area contributed by atoms with Gasteiger partial charge in [-0.05, 0) is 24.8 Å². The summed E-state index contributed by atoms with van der Waals surface area (Å²) in [5.41, 5.74) is 0.224. The van der Waals surface area contributed by atoms with Gasteiger partial charge in [0.15, 0.2) is 0 Å². The quantitative estimate of drug-likeness (QED) is 0.250. The molecule has 26 heavy (non-hydrogen) atoms. The van der Waals surface area contributed by atoms with E-state index in [1.54, 1.807) is 0 Å². The maximum absolute atomic E-state index is 11.3. The molecule has 0 saturated carbocycles. The first-order valence-electron chi connectivity index (χ1n) is 8.70. The molecule has 1 aromatic carbocycles. The van der Waals surface area contributed by atoms with Crippen LogP contribution in [0.15, 0.2) is 24.3 Å². The fraction of sp³-hybridized carbons (Fsp3) is 0.500. The SMILES string of the molecule is CCCCCCCCc1cc([N+](=O)[O-])cc([N+](=O)[O-])c1CC=CC(=O)O. The molecular formula is C18H24N2O6. The average molecular weight is 364 g/mol. The van der Waals surface area contributed by atoms with Gasteiger partial charge >= 0.3 is 5.97 Å². The molecule has 8 heteroatoms. The Morgan fingerprint density at radius 3 is 2.31 bits per heavy atom. The summed E-state index contributed by atoms with van der Waals surface area (Å²) in [5, 5.41) is 31.1. The Balaban J connectivity index is 3.06. The molecule has 0 unspecified atom stereocenters. The molecule has 0 aliphatic carbocycles. The minimum Gasteiger partial charge on any atom is -0.478 e. The van der Waals surface area contributed by atoms with Gasteiger partial charge in [-0.1, -0.05) is 45.1 Å². The number of allylic oxidation sites excluding steroid dienone is 1. The van der Waals surface area contributed by atoms with Crippen molar-refractivity contribution in [1.82, 2.24) is 0 Å². The lowest BCUT2D eigenvalue weighted by atomic mass is 9.96. The summed E-state index contributed by atoms with van der Waals surface area (Å²) < 4.78 is 0. The molecular weight excluding hydrogens is 340 g/mol. The Morgan fingerprint density at radius 1 is 1.08 bits per heavy atom. The zero-order valence-corrected chi connectivity index (χ0v) is 14.8. The highest BCUT2D eigenvalue weighted by atomic mass is 16.6. The number of unbranched alkanes of at least 4 members (excludes halogenated alkanes) is 5. The predicted molar refractivity (Wildman–Crippen MR) is 97.3 cm³/mol. The normalized spacial score (nSPS) is 11.0. The number of hydrogen-bond acceptors (Lipinski definition) is 5. The van der Waals surface area contributed by atoms with Gasteiger partial charge in [-0.3, -0.25) is 20.2 Å². The molecule has 0 atom stereocenters. The monoisotopic (exact) mass is 364 g/mol. The molecule has 8 nitrogen and oxygen atoms in total. The van der Waals surface area contributed by atoms with E-state index in [-0.39, 0.29) is 17.8 Å². The van der Waals surface area contributed by atoms with Crippen LogP contribution in [0.3, 0.4) is 0 Å². The van der Waals surface area contributed by atoms with E-state index in [0.717, 1.165) is 50.7 Å². The topological polar surface area (TPSA) is 124 Å². The summed E-state index contributed by atoms with van der Waals surface area (Å²) in [6.07, 6.45) is 8.97. The number of nitro groups is 2. The fourth-order valence-electron chi connectivity index (χ4n) is 2.80. The number of hydrogen-bond donors (Lipinski definition) is 1. The molecule has 0 aliphatic rings. The largest absolute Gasteiger partial charge is 0.478 e. The molecule has 0 fully saturated rings. The molecule has 0 spiro atoms. The van der Waals surface area contributed by atoms with Gasteiger partial charge in [-0.25, -0.2) is 4.79 Å². The van der Waals surface area contributed by atoms with Crippen molar-refractivity contribution in [3.63, 3.8) is 0 Å². The number of aryl methyl sites for hydroxylation is 1. The van der Waals surface area contributed by atoms with Crippen molar-refractivity contribution in [2.45, 2.75) is 58.3 Å². The predicted octanol–water partition coefficient (Wildman–Crippen LogP) is 4.59. The van der Waals surface area contributed by atoms with Crippen molar-refractivity contribution in [3.8, 4) is 0 Å². The van der Waals surface area contributed by atoms with Crippen LogP contribution in [0.25, 0.3) is 0 Å². The lowest BCUT2D eigenvalue weighted by molar-refractivity contribution is -0.394. The second-order valence-corrected chi connectivity index (χ2v) is 6.08. The Hall–Kier alpha value is -2.77. The van der Waals surface area contributed by atoms with Crippen LogP contribution in [0, 0.1) is 20.2 Å². The number of nitro benzene ring substituents is 2. The molecule has 1 N–H and O–H groups in total. The second-order valence-electron chi connectivity index (χ2n) is 6.08. The third kappa shape index (κ3) is 7.00. The minimum atomic E-state index is -1.15. The summed E-state index contributed by atoms with van der Waals surface area (Å²) in [6.45, 7) is 2.12. The number of carboxylic acid groups (broad SMARTS) is 1. The van der Waals surface area contributed by atoms with E-state index in [1.807, 2.05) is 0 Å². The molecule has 1 aromatic rings. The van der Waals surface area contributed by atoms with Crippen molar-refractivity contribution < 1.29 is 19.7 Å². The molecule has 0 aliphatic heterocycles. The van der Waals surface area contributed by atoms with Gasteiger partial charge in [0.25, 0.3) is 11.4 Å². The smallest absolute Gasteiger partial charge is 0.327 e. The van der Waals surface area contributed by atoms with E-state index in [4.69, 9.17) is 5.11 Å². The maximum atomic E-state index is 11.3. The maximum Gasteiger partial charge on any atom is 0.327 e. The highest BCUT2D eigenvalue weighted by molar-refractivity contribution is 5.79. The lowest BCUT2D eigenvalue weighted by Crippen LogP contribution is -2.03. The van der Waals surface area contributed by atoms with Crippen LogP contribution in [0.5, 0.6) is 0 Å². The van der Waals surface area contributed by atoms with E-state index in [2.05, 4.69) is 6.92 Å². The zero-order valence-electron chi connectivity index (χ0n) is 14.8. The first-order valence-corrected chi connectivity index (χ1v) is 8.70. The minimum absolute atomic E-state index is 0.0474. The van der Waals surface area contributed by atoms with Crippen molar-refractivity contribution >= 4 is 17.3 Å². The Morgan fingerprint density at radius 2 is 1.73 bits per heavy atom. The number of carboxylic acids is 1. The molecule has 0 bridgehead atoms. The summed E-state index contributed by atoms with van der Waals surface area (Å²) in [5.74, 6) is -1.15. The van der Waals surface area contributed by atoms with Gasteiger partial charge in [0.2, 0.25) is 0 Å². The van der Waals surface area contributed by atoms with Crippen LogP contribution >= 0.6 is 0 Å². The summed E-state index contributed by atoms with van der Waals surface area (Å²) >= 11 is 0. The Bertz CT molecular complexity index is 685. The average Bonchev–Trinajstić information content (AvgIpc) is 2.57. The molecule has 0 amide bonds. The Kier molecular flexibility index (Phi) is 8.97. The number of nitrogens with zero attached hydrogens (tertiary/aromatic N) is 2. The highest BCUT2D eigenvalue weighted by Crippen LogP contribution is 2.30. The number of non-ortho nitro benzene ring substituents is 1. The molecule has 0 saturated heterocycles. The van der Waals surface area contributed by atoms with Crippen molar-refractivity contribution in [2.24, 2.45) is 0 Å². The van der Waals surface area contributed by atoms with Crippen LogP contribution in [-0.2, 0) is 17.6 Å².